The highest BCUT2D eigenvalue weighted by molar-refractivity contribution is 5.60. The van der Waals surface area contributed by atoms with Gasteiger partial charge in [-0.3, -0.25) is 0 Å². The fourth-order valence-corrected chi connectivity index (χ4v) is 2.28. The molecule has 0 aliphatic heterocycles. The number of methoxy groups -OCH3 is 2. The van der Waals surface area contributed by atoms with Gasteiger partial charge in [0.1, 0.15) is 23.6 Å². The van der Waals surface area contributed by atoms with E-state index in [1.165, 1.54) is 0 Å². The largest absolute Gasteiger partial charge is 0.493 e. The van der Waals surface area contributed by atoms with Gasteiger partial charge in [0.2, 0.25) is 5.89 Å². The maximum atomic E-state index is 5.78. The Kier molecular flexibility index (Phi) is 4.01. The maximum Gasteiger partial charge on any atom is 0.226 e. The van der Waals surface area contributed by atoms with Gasteiger partial charge in [-0.05, 0) is 32.0 Å². The van der Waals surface area contributed by atoms with Crippen LogP contribution in [-0.4, -0.2) is 34.0 Å². The van der Waals surface area contributed by atoms with E-state index in [-0.39, 0.29) is 0 Å². The first kappa shape index (κ1) is 15.1. The Morgan fingerprint density at radius 2 is 1.91 bits per heavy atom. The third-order valence-electron chi connectivity index (χ3n) is 3.49. The summed E-state index contributed by atoms with van der Waals surface area (Å²) >= 11 is 0. The Bertz CT molecular complexity index is 823. The van der Waals surface area contributed by atoms with E-state index in [1.807, 2.05) is 32.0 Å². The van der Waals surface area contributed by atoms with E-state index in [2.05, 4.69) is 15.1 Å². The van der Waals surface area contributed by atoms with Gasteiger partial charge >= 0.3 is 0 Å². The zero-order valence-electron chi connectivity index (χ0n) is 13.5. The van der Waals surface area contributed by atoms with Gasteiger partial charge in [-0.25, -0.2) is 14.6 Å². The van der Waals surface area contributed by atoms with E-state index in [1.54, 1.807) is 25.2 Å². The highest BCUT2D eigenvalue weighted by Gasteiger charge is 2.14. The second-order valence-electron chi connectivity index (χ2n) is 5.08. The van der Waals surface area contributed by atoms with Crippen molar-refractivity contribution in [2.75, 3.05) is 14.2 Å². The Labute approximate surface area is 133 Å². The molecule has 2 aromatic heterocycles. The van der Waals surface area contributed by atoms with Crippen LogP contribution < -0.4 is 9.47 Å². The molecule has 0 N–H and O–H groups in total. The minimum atomic E-state index is 0.517. The molecule has 0 aliphatic carbocycles. The van der Waals surface area contributed by atoms with Crippen molar-refractivity contribution in [3.8, 4) is 23.0 Å². The molecule has 2 heterocycles. The van der Waals surface area contributed by atoms with Crippen LogP contribution in [0, 0.1) is 13.8 Å². The minimum absolute atomic E-state index is 0.517. The first-order valence-electron chi connectivity index (χ1n) is 7.15. The van der Waals surface area contributed by atoms with Gasteiger partial charge in [0.15, 0.2) is 11.5 Å². The molecule has 0 spiro atoms. The molecule has 0 amide bonds. The summed E-state index contributed by atoms with van der Waals surface area (Å²) in [5, 5.41) is 4.27. The Morgan fingerprint density at radius 3 is 2.57 bits per heavy atom. The van der Waals surface area contributed by atoms with Crippen molar-refractivity contribution in [3.05, 3.63) is 41.8 Å². The maximum absolute atomic E-state index is 5.78. The molecule has 0 unspecified atom stereocenters. The monoisotopic (exact) mass is 314 g/mol. The molecule has 3 rings (SSSR count). The fourth-order valence-electron chi connectivity index (χ4n) is 2.28. The molecule has 0 atom stereocenters. The van der Waals surface area contributed by atoms with Crippen molar-refractivity contribution < 1.29 is 13.9 Å². The van der Waals surface area contributed by atoms with Crippen molar-refractivity contribution in [1.82, 2.24) is 19.7 Å². The number of benzene rings is 1. The molecule has 0 aliphatic rings. The molecular formula is C16H18N4O3. The number of oxazole rings is 1. The highest BCUT2D eigenvalue weighted by Crippen LogP contribution is 2.32. The summed E-state index contributed by atoms with van der Waals surface area (Å²) in [6.07, 6.45) is 1.68. The van der Waals surface area contributed by atoms with Crippen LogP contribution >= 0.6 is 0 Å². The van der Waals surface area contributed by atoms with E-state index in [4.69, 9.17) is 13.9 Å². The number of rotatable bonds is 5. The van der Waals surface area contributed by atoms with Gasteiger partial charge in [-0.1, -0.05) is 0 Å². The summed E-state index contributed by atoms with van der Waals surface area (Å²) in [5.74, 6) is 3.32. The van der Waals surface area contributed by atoms with Crippen LogP contribution in [0.3, 0.4) is 0 Å². The van der Waals surface area contributed by atoms with E-state index in [0.29, 0.717) is 23.9 Å². The predicted octanol–water partition coefficient (Wildman–Crippen LogP) is 2.62. The zero-order valence-corrected chi connectivity index (χ0v) is 13.5. The van der Waals surface area contributed by atoms with Gasteiger partial charge < -0.3 is 13.9 Å². The van der Waals surface area contributed by atoms with Crippen LogP contribution in [0.4, 0.5) is 0 Å². The third kappa shape index (κ3) is 3.03. The lowest BCUT2D eigenvalue weighted by Crippen LogP contribution is -2.02. The van der Waals surface area contributed by atoms with E-state index in [0.717, 1.165) is 22.8 Å². The molecular weight excluding hydrogens is 296 g/mol. The number of ether oxygens (including phenoxy) is 2. The molecule has 1 aromatic carbocycles. The molecule has 0 saturated heterocycles. The van der Waals surface area contributed by atoms with Crippen molar-refractivity contribution in [2.24, 2.45) is 0 Å². The second kappa shape index (κ2) is 6.12. The molecule has 0 radical (unpaired) electrons. The van der Waals surface area contributed by atoms with Crippen LogP contribution in [0.5, 0.6) is 11.5 Å². The van der Waals surface area contributed by atoms with Crippen LogP contribution in [0.2, 0.25) is 0 Å². The van der Waals surface area contributed by atoms with E-state index in [9.17, 15) is 0 Å². The second-order valence-corrected chi connectivity index (χ2v) is 5.08. The average Bonchev–Trinajstić information content (AvgIpc) is 3.13. The Hall–Kier alpha value is -2.83. The topological polar surface area (TPSA) is 75.2 Å². The summed E-state index contributed by atoms with van der Waals surface area (Å²) in [4.78, 5) is 8.68. The van der Waals surface area contributed by atoms with Gasteiger partial charge in [0.25, 0.3) is 0 Å². The number of aryl methyl sites for hydroxylation is 2. The standard InChI is InChI=1S/C16H18N4O3/c1-10-13(8-20-9-17-11(2)19-20)18-16(23-10)12-5-6-14(21-3)15(7-12)22-4/h5-7,9H,8H2,1-4H3. The van der Waals surface area contributed by atoms with Crippen molar-refractivity contribution in [2.45, 2.75) is 20.4 Å². The van der Waals surface area contributed by atoms with Gasteiger partial charge in [0.05, 0.1) is 20.8 Å². The summed E-state index contributed by atoms with van der Waals surface area (Å²) in [5.41, 5.74) is 1.64. The molecule has 3 aromatic rings. The van der Waals surface area contributed by atoms with Crippen LogP contribution in [0.25, 0.3) is 11.5 Å². The first-order valence-corrected chi connectivity index (χ1v) is 7.15. The third-order valence-corrected chi connectivity index (χ3v) is 3.49. The van der Waals surface area contributed by atoms with Crippen LogP contribution in [-0.2, 0) is 6.54 Å². The van der Waals surface area contributed by atoms with Crippen LogP contribution in [0.1, 0.15) is 17.3 Å². The van der Waals surface area contributed by atoms with Crippen molar-refractivity contribution in [1.29, 1.82) is 0 Å². The molecule has 7 nitrogen and oxygen atoms in total. The fraction of sp³-hybridized carbons (Fsp3) is 0.312. The van der Waals surface area contributed by atoms with Gasteiger partial charge in [-0.15, -0.1) is 0 Å². The van der Waals surface area contributed by atoms with Crippen LogP contribution in [0.15, 0.2) is 28.9 Å². The van der Waals surface area contributed by atoms with Gasteiger partial charge in [0, 0.05) is 5.56 Å². The zero-order chi connectivity index (χ0) is 16.4. The summed E-state index contributed by atoms with van der Waals surface area (Å²) < 4.78 is 18.1. The molecule has 0 saturated carbocycles. The quantitative estimate of drug-likeness (QED) is 0.720. The lowest BCUT2D eigenvalue weighted by atomic mass is 10.2. The summed E-state index contributed by atoms with van der Waals surface area (Å²) in [7, 11) is 3.20. The van der Waals surface area contributed by atoms with Crippen molar-refractivity contribution >= 4 is 0 Å². The number of hydrogen-bond acceptors (Lipinski definition) is 6. The van der Waals surface area contributed by atoms with Crippen molar-refractivity contribution in [3.63, 3.8) is 0 Å². The SMILES string of the molecule is COc1ccc(-c2nc(Cn3cnc(C)n3)c(C)o2)cc1OC. The normalized spacial score (nSPS) is 10.8. The smallest absolute Gasteiger partial charge is 0.226 e. The average molecular weight is 314 g/mol. The number of hydrogen-bond donors (Lipinski definition) is 0. The van der Waals surface area contributed by atoms with E-state index >= 15 is 0 Å². The summed E-state index contributed by atoms with van der Waals surface area (Å²) in [6.45, 7) is 4.25. The van der Waals surface area contributed by atoms with Gasteiger partial charge in [-0.2, -0.15) is 5.10 Å². The molecule has 0 fully saturated rings. The molecule has 120 valence electrons. The minimum Gasteiger partial charge on any atom is -0.493 e. The molecule has 7 heteroatoms. The lowest BCUT2D eigenvalue weighted by molar-refractivity contribution is 0.355. The number of aromatic nitrogens is 4. The lowest BCUT2D eigenvalue weighted by Gasteiger charge is -2.07. The number of nitrogens with zero attached hydrogens (tertiary/aromatic N) is 4. The Balaban J connectivity index is 1.91. The summed E-state index contributed by atoms with van der Waals surface area (Å²) in [6, 6.07) is 5.55. The van der Waals surface area contributed by atoms with E-state index < -0.39 is 0 Å². The molecule has 23 heavy (non-hydrogen) atoms. The predicted molar refractivity (Wildman–Crippen MR) is 83.6 cm³/mol. The highest BCUT2D eigenvalue weighted by atomic mass is 16.5. The molecule has 0 bridgehead atoms. The first-order chi connectivity index (χ1) is 11.1. The Morgan fingerprint density at radius 1 is 1.13 bits per heavy atom.